The van der Waals surface area contributed by atoms with Crippen LogP contribution in [0.15, 0.2) is 12.3 Å². The minimum absolute atomic E-state index is 0.748. The van der Waals surface area contributed by atoms with Crippen molar-refractivity contribution < 1.29 is 0 Å². The molecule has 3 nitrogen and oxygen atoms in total. The van der Waals surface area contributed by atoms with Crippen molar-refractivity contribution in [2.45, 2.75) is 51.5 Å². The first-order chi connectivity index (χ1) is 10.3. The molecule has 0 aromatic carbocycles. The van der Waals surface area contributed by atoms with Gasteiger partial charge in [0.2, 0.25) is 0 Å². The Morgan fingerprint density at radius 2 is 2.10 bits per heavy atom. The first kappa shape index (κ1) is 13.8. The number of nitrogens with zero attached hydrogens (tertiary/aromatic N) is 2. The predicted octanol–water partition coefficient (Wildman–Crippen LogP) is 3.01. The molecule has 3 saturated carbocycles. The molecule has 3 aliphatic rings. The van der Waals surface area contributed by atoms with Crippen molar-refractivity contribution in [1.29, 1.82) is 0 Å². The molecule has 0 amide bonds. The van der Waals surface area contributed by atoms with Crippen LogP contribution in [-0.2, 0) is 13.5 Å². The Bertz CT molecular complexity index is 478. The van der Waals surface area contributed by atoms with Gasteiger partial charge in [0.15, 0.2) is 0 Å². The topological polar surface area (TPSA) is 29.9 Å². The maximum Gasteiger partial charge on any atom is 0.0492 e. The van der Waals surface area contributed by atoms with E-state index in [1.165, 1.54) is 44.3 Å². The van der Waals surface area contributed by atoms with E-state index in [0.717, 1.165) is 35.6 Å². The highest BCUT2D eigenvalue weighted by atomic mass is 15.2. The van der Waals surface area contributed by atoms with Gasteiger partial charge in [0.25, 0.3) is 0 Å². The summed E-state index contributed by atoms with van der Waals surface area (Å²) in [6.45, 7) is 3.46. The summed E-state index contributed by atoms with van der Waals surface area (Å²) in [5, 5.41) is 8.19. The lowest BCUT2D eigenvalue weighted by Crippen LogP contribution is -2.34. The van der Waals surface area contributed by atoms with Crippen LogP contribution in [0, 0.1) is 29.6 Å². The maximum absolute atomic E-state index is 4.30. The normalized spacial score (nSPS) is 37.7. The van der Waals surface area contributed by atoms with E-state index >= 15 is 0 Å². The number of rotatable bonds is 7. The van der Waals surface area contributed by atoms with Crippen LogP contribution in [0.4, 0.5) is 0 Å². The predicted molar refractivity (Wildman–Crippen MR) is 84.9 cm³/mol. The van der Waals surface area contributed by atoms with Gasteiger partial charge in [0, 0.05) is 25.0 Å². The minimum Gasteiger partial charge on any atom is -0.314 e. The number of nitrogens with one attached hydrogen (secondary N) is 1. The van der Waals surface area contributed by atoms with Gasteiger partial charge < -0.3 is 5.32 Å². The lowest BCUT2D eigenvalue weighted by Gasteiger charge is -2.22. The summed E-state index contributed by atoms with van der Waals surface area (Å²) in [6, 6.07) is 2.92. The van der Waals surface area contributed by atoms with Crippen molar-refractivity contribution in [3.8, 4) is 0 Å². The van der Waals surface area contributed by atoms with E-state index in [1.807, 2.05) is 10.9 Å². The molecule has 5 atom stereocenters. The van der Waals surface area contributed by atoms with E-state index in [4.69, 9.17) is 0 Å². The number of aromatic nitrogens is 2. The van der Waals surface area contributed by atoms with Gasteiger partial charge in [-0.05, 0) is 80.7 Å². The zero-order chi connectivity index (χ0) is 14.4. The summed E-state index contributed by atoms with van der Waals surface area (Å²) < 4.78 is 2.04. The lowest BCUT2D eigenvalue weighted by atomic mass is 9.94. The fourth-order valence-corrected chi connectivity index (χ4v) is 5.64. The van der Waals surface area contributed by atoms with Crippen molar-refractivity contribution in [2.24, 2.45) is 36.6 Å². The Balaban J connectivity index is 1.39. The van der Waals surface area contributed by atoms with Crippen molar-refractivity contribution in [2.75, 3.05) is 6.54 Å². The Labute approximate surface area is 128 Å². The smallest absolute Gasteiger partial charge is 0.0492 e. The van der Waals surface area contributed by atoms with E-state index < -0.39 is 0 Å². The molecule has 1 aromatic heterocycles. The third kappa shape index (κ3) is 2.34. The first-order valence-corrected chi connectivity index (χ1v) is 9.00. The number of aryl methyl sites for hydroxylation is 2. The highest BCUT2D eigenvalue weighted by Gasteiger charge is 2.66. The zero-order valence-electron chi connectivity index (χ0n) is 13.5. The molecule has 0 spiro atoms. The molecule has 3 heteroatoms. The highest BCUT2D eigenvalue weighted by Crippen LogP contribution is 2.70. The summed E-state index contributed by atoms with van der Waals surface area (Å²) >= 11 is 0. The molecular weight excluding hydrogens is 258 g/mol. The molecule has 1 N–H and O–H groups in total. The Kier molecular flexibility index (Phi) is 3.56. The second-order valence-corrected chi connectivity index (χ2v) is 7.61. The molecular formula is C18H29N3. The molecule has 4 rings (SSSR count). The van der Waals surface area contributed by atoms with Gasteiger partial charge in [-0.1, -0.05) is 6.92 Å². The summed E-state index contributed by atoms with van der Waals surface area (Å²) in [5.41, 5.74) is 1.38. The van der Waals surface area contributed by atoms with Gasteiger partial charge in [-0.15, -0.1) is 0 Å². The first-order valence-electron chi connectivity index (χ1n) is 9.00. The third-order valence-corrected chi connectivity index (χ3v) is 6.55. The van der Waals surface area contributed by atoms with Gasteiger partial charge >= 0.3 is 0 Å². The summed E-state index contributed by atoms with van der Waals surface area (Å²) in [5.74, 6) is 5.35. The number of hydrogen-bond acceptors (Lipinski definition) is 2. The molecule has 5 unspecified atom stereocenters. The van der Waals surface area contributed by atoms with E-state index in [9.17, 15) is 0 Å². The van der Waals surface area contributed by atoms with Crippen LogP contribution in [0.3, 0.4) is 0 Å². The second-order valence-electron chi connectivity index (χ2n) is 7.61. The molecule has 21 heavy (non-hydrogen) atoms. The molecule has 0 saturated heterocycles. The van der Waals surface area contributed by atoms with Gasteiger partial charge in [-0.2, -0.15) is 5.10 Å². The summed E-state index contributed by atoms with van der Waals surface area (Å²) in [4.78, 5) is 0. The SMILES string of the molecule is CCCNC(CCc1ccnn1C)C1C2C3CCC(C3)C21. The van der Waals surface area contributed by atoms with Crippen LogP contribution in [0.5, 0.6) is 0 Å². The number of hydrogen-bond donors (Lipinski definition) is 1. The average molecular weight is 287 g/mol. The Hall–Kier alpha value is -0.830. The number of fused-ring (bicyclic) bond motifs is 5. The second kappa shape index (κ2) is 5.42. The monoisotopic (exact) mass is 287 g/mol. The van der Waals surface area contributed by atoms with Gasteiger partial charge in [0.05, 0.1) is 0 Å². The van der Waals surface area contributed by atoms with E-state index in [1.54, 1.807) is 6.42 Å². The lowest BCUT2D eigenvalue weighted by molar-refractivity contribution is 0.347. The van der Waals surface area contributed by atoms with Crippen LogP contribution < -0.4 is 5.32 Å². The minimum atomic E-state index is 0.748. The Morgan fingerprint density at radius 1 is 1.33 bits per heavy atom. The molecule has 0 radical (unpaired) electrons. The molecule has 3 fully saturated rings. The van der Waals surface area contributed by atoms with Crippen molar-refractivity contribution in [3.05, 3.63) is 18.0 Å². The highest BCUT2D eigenvalue weighted by molar-refractivity contribution is 5.16. The van der Waals surface area contributed by atoms with Crippen LogP contribution in [0.25, 0.3) is 0 Å². The third-order valence-electron chi connectivity index (χ3n) is 6.55. The van der Waals surface area contributed by atoms with E-state index in [-0.39, 0.29) is 0 Å². The van der Waals surface area contributed by atoms with Gasteiger partial charge in [0.1, 0.15) is 0 Å². The standard InChI is InChI=1S/C18H29N3/c1-3-9-19-15(7-6-14-8-10-20-21(14)2)18-16-12-4-5-13(11-12)17(16)18/h8,10,12-13,15-19H,3-7,9,11H2,1-2H3. The summed E-state index contributed by atoms with van der Waals surface area (Å²) in [7, 11) is 2.07. The van der Waals surface area contributed by atoms with E-state index in [0.29, 0.717) is 0 Å². The van der Waals surface area contributed by atoms with Crippen LogP contribution in [-0.4, -0.2) is 22.4 Å². The van der Waals surface area contributed by atoms with Crippen molar-refractivity contribution >= 4 is 0 Å². The fraction of sp³-hybridized carbons (Fsp3) is 0.833. The van der Waals surface area contributed by atoms with Crippen LogP contribution in [0.1, 0.15) is 44.7 Å². The van der Waals surface area contributed by atoms with Crippen molar-refractivity contribution in [3.63, 3.8) is 0 Å². The molecule has 116 valence electrons. The van der Waals surface area contributed by atoms with Gasteiger partial charge in [-0.25, -0.2) is 0 Å². The molecule has 1 heterocycles. The molecule has 2 bridgehead atoms. The van der Waals surface area contributed by atoms with Crippen LogP contribution in [0.2, 0.25) is 0 Å². The molecule has 0 aliphatic heterocycles. The summed E-state index contributed by atoms with van der Waals surface area (Å²) in [6.07, 6.45) is 10.3. The van der Waals surface area contributed by atoms with Crippen LogP contribution >= 0.6 is 0 Å². The Morgan fingerprint density at radius 3 is 2.71 bits per heavy atom. The maximum atomic E-state index is 4.30. The zero-order valence-corrected chi connectivity index (χ0v) is 13.5. The largest absolute Gasteiger partial charge is 0.314 e. The van der Waals surface area contributed by atoms with Crippen molar-refractivity contribution in [1.82, 2.24) is 15.1 Å². The quantitative estimate of drug-likeness (QED) is 0.835. The average Bonchev–Trinajstić information content (AvgIpc) is 2.82. The van der Waals surface area contributed by atoms with Gasteiger partial charge in [-0.3, -0.25) is 4.68 Å². The fourth-order valence-electron chi connectivity index (χ4n) is 5.64. The van der Waals surface area contributed by atoms with E-state index in [2.05, 4.69) is 30.5 Å². The molecule has 3 aliphatic carbocycles. The molecule has 1 aromatic rings.